The molecule has 3 rings (SSSR count). The Balaban J connectivity index is 0.00000300. The molecule has 0 radical (unpaired) electrons. The van der Waals surface area contributed by atoms with Gasteiger partial charge in [-0.1, -0.05) is 36.4 Å². The first-order valence-corrected chi connectivity index (χ1v) is 11.3. The largest absolute Gasteiger partial charge is 0.356 e. The Morgan fingerprint density at radius 3 is 2.38 bits per heavy atom. The summed E-state index contributed by atoms with van der Waals surface area (Å²) in [4.78, 5) is 4.24. The van der Waals surface area contributed by atoms with Gasteiger partial charge in [-0.25, -0.2) is 12.8 Å². The number of benzene rings is 2. The normalized spacial score (nSPS) is 15.3. The lowest BCUT2D eigenvalue weighted by atomic mass is 9.96. The van der Waals surface area contributed by atoms with Crippen LogP contribution in [0.5, 0.6) is 0 Å². The number of halogens is 2. The van der Waals surface area contributed by atoms with Gasteiger partial charge in [-0.05, 0) is 41.7 Å². The zero-order valence-electron chi connectivity index (χ0n) is 16.6. The summed E-state index contributed by atoms with van der Waals surface area (Å²) in [5, 5.41) is 6.52. The number of nitrogens with zero attached hydrogens (tertiary/aromatic N) is 1. The second-order valence-corrected chi connectivity index (χ2v) is 9.55. The molecular weight excluding hydrogens is 504 g/mol. The van der Waals surface area contributed by atoms with Crippen molar-refractivity contribution in [1.82, 2.24) is 10.6 Å². The molecule has 2 aromatic carbocycles. The molecule has 0 spiro atoms. The third-order valence-corrected chi connectivity index (χ3v) is 5.93. The number of aliphatic imine (C=N–C) groups is 1. The van der Waals surface area contributed by atoms with Gasteiger partial charge in [0, 0.05) is 31.8 Å². The summed E-state index contributed by atoms with van der Waals surface area (Å²) < 4.78 is 36.9. The van der Waals surface area contributed by atoms with Crippen molar-refractivity contribution in [3.63, 3.8) is 0 Å². The third-order valence-electron chi connectivity index (χ3n) is 5.09. The highest BCUT2D eigenvalue weighted by Gasteiger charge is 2.43. The molecule has 0 aromatic heterocycles. The van der Waals surface area contributed by atoms with Gasteiger partial charge in [0.05, 0.1) is 5.75 Å². The molecule has 1 aliphatic rings. The van der Waals surface area contributed by atoms with E-state index in [1.807, 2.05) is 6.07 Å². The molecule has 0 aliphatic heterocycles. The van der Waals surface area contributed by atoms with Gasteiger partial charge in [0.25, 0.3) is 0 Å². The number of rotatable bonds is 7. The lowest BCUT2D eigenvalue weighted by molar-refractivity contribution is 0.599. The van der Waals surface area contributed by atoms with Crippen LogP contribution in [-0.4, -0.2) is 34.2 Å². The summed E-state index contributed by atoms with van der Waals surface area (Å²) in [5.74, 6) is 0.0998. The monoisotopic (exact) mass is 531 g/mol. The first kappa shape index (κ1) is 23.6. The lowest BCUT2D eigenvalue weighted by Crippen LogP contribution is -2.41. The molecule has 29 heavy (non-hydrogen) atoms. The van der Waals surface area contributed by atoms with Crippen LogP contribution >= 0.6 is 24.0 Å². The summed E-state index contributed by atoms with van der Waals surface area (Å²) in [6.07, 6.45) is 3.43. The average molecular weight is 531 g/mol. The Morgan fingerprint density at radius 1 is 1.10 bits per heavy atom. The van der Waals surface area contributed by atoms with Crippen LogP contribution in [0.3, 0.4) is 0 Å². The van der Waals surface area contributed by atoms with E-state index in [0.29, 0.717) is 23.6 Å². The summed E-state index contributed by atoms with van der Waals surface area (Å²) in [6.45, 7) is 1.05. The van der Waals surface area contributed by atoms with E-state index >= 15 is 0 Å². The molecular formula is C21H27FIN3O2S. The van der Waals surface area contributed by atoms with Crippen LogP contribution in [0.2, 0.25) is 0 Å². The standard InChI is InChI=1S/C21H26FN3O2S.HI/c1-23-20(25-15-21(10-11-21)18-6-4-3-5-7-18)24-13-17-12-19(22)9-8-16(17)14-28(2,26)27;/h3-9,12H,10-11,13-15H2,1-2H3,(H2,23,24,25);1H. The molecule has 1 aliphatic carbocycles. The molecule has 2 aromatic rings. The fourth-order valence-electron chi connectivity index (χ4n) is 3.34. The zero-order valence-corrected chi connectivity index (χ0v) is 19.8. The van der Waals surface area contributed by atoms with E-state index in [9.17, 15) is 12.8 Å². The Morgan fingerprint density at radius 2 is 1.79 bits per heavy atom. The van der Waals surface area contributed by atoms with Gasteiger partial charge >= 0.3 is 0 Å². The minimum Gasteiger partial charge on any atom is -0.356 e. The number of sulfone groups is 1. The van der Waals surface area contributed by atoms with Crippen molar-refractivity contribution in [3.05, 3.63) is 71.0 Å². The van der Waals surface area contributed by atoms with Crippen LogP contribution in [0.25, 0.3) is 0 Å². The number of guanidine groups is 1. The van der Waals surface area contributed by atoms with Crippen molar-refractivity contribution in [2.45, 2.75) is 30.6 Å². The van der Waals surface area contributed by atoms with Crippen LogP contribution in [0.1, 0.15) is 29.5 Å². The zero-order chi connectivity index (χ0) is 20.2. The smallest absolute Gasteiger partial charge is 0.191 e. The predicted molar refractivity (Wildman–Crippen MR) is 126 cm³/mol. The molecule has 0 atom stereocenters. The SMILES string of the molecule is CN=C(NCc1cc(F)ccc1CS(C)(=O)=O)NCC1(c2ccccc2)CC1.I. The summed E-state index contributed by atoms with van der Waals surface area (Å²) in [7, 11) is -1.52. The average Bonchev–Trinajstić information content (AvgIpc) is 3.45. The Kier molecular flexibility index (Phi) is 8.04. The third kappa shape index (κ3) is 6.67. The van der Waals surface area contributed by atoms with Gasteiger partial charge in [0.1, 0.15) is 5.82 Å². The van der Waals surface area contributed by atoms with Gasteiger partial charge < -0.3 is 10.6 Å². The van der Waals surface area contributed by atoms with Crippen LogP contribution < -0.4 is 10.6 Å². The van der Waals surface area contributed by atoms with Crippen molar-refractivity contribution in [3.8, 4) is 0 Å². The lowest BCUT2D eigenvalue weighted by Gasteiger charge is -2.19. The summed E-state index contributed by atoms with van der Waals surface area (Å²) in [6, 6.07) is 14.6. The molecule has 1 saturated carbocycles. The molecule has 5 nitrogen and oxygen atoms in total. The van der Waals surface area contributed by atoms with Gasteiger partial charge in [0.2, 0.25) is 0 Å². The predicted octanol–water partition coefficient (Wildman–Crippen LogP) is 3.39. The first-order chi connectivity index (χ1) is 13.3. The van der Waals surface area contributed by atoms with Crippen LogP contribution in [-0.2, 0) is 27.5 Å². The van der Waals surface area contributed by atoms with E-state index in [0.717, 1.165) is 19.4 Å². The fraction of sp³-hybridized carbons (Fsp3) is 0.381. The number of hydrogen-bond acceptors (Lipinski definition) is 3. The van der Waals surface area contributed by atoms with E-state index in [4.69, 9.17) is 0 Å². The Hall–Kier alpha value is -1.68. The molecule has 2 N–H and O–H groups in total. The fourth-order valence-corrected chi connectivity index (χ4v) is 4.19. The number of hydrogen-bond donors (Lipinski definition) is 2. The van der Waals surface area contributed by atoms with E-state index < -0.39 is 15.7 Å². The molecule has 1 fully saturated rings. The van der Waals surface area contributed by atoms with E-state index in [2.05, 4.69) is 39.9 Å². The maximum absolute atomic E-state index is 13.7. The van der Waals surface area contributed by atoms with E-state index in [-0.39, 0.29) is 35.1 Å². The van der Waals surface area contributed by atoms with Gasteiger partial charge in [-0.15, -0.1) is 24.0 Å². The highest BCUT2D eigenvalue weighted by molar-refractivity contribution is 14.0. The summed E-state index contributed by atoms with van der Waals surface area (Å²) in [5.41, 5.74) is 2.66. The molecule has 158 valence electrons. The highest BCUT2D eigenvalue weighted by atomic mass is 127. The molecule has 0 amide bonds. The minimum absolute atomic E-state index is 0. The number of nitrogens with one attached hydrogen (secondary N) is 2. The Bertz CT molecular complexity index is 961. The second kappa shape index (κ2) is 9.88. The van der Waals surface area contributed by atoms with Crippen LogP contribution in [0.4, 0.5) is 4.39 Å². The van der Waals surface area contributed by atoms with Crippen LogP contribution in [0, 0.1) is 5.82 Å². The van der Waals surface area contributed by atoms with Gasteiger partial charge in [-0.3, -0.25) is 4.99 Å². The molecule has 0 heterocycles. The van der Waals surface area contributed by atoms with E-state index in [1.165, 1.54) is 30.0 Å². The summed E-state index contributed by atoms with van der Waals surface area (Å²) >= 11 is 0. The highest BCUT2D eigenvalue weighted by Crippen LogP contribution is 2.47. The van der Waals surface area contributed by atoms with Crippen molar-refractivity contribution in [2.75, 3.05) is 19.8 Å². The van der Waals surface area contributed by atoms with E-state index in [1.54, 1.807) is 7.05 Å². The topological polar surface area (TPSA) is 70.6 Å². The van der Waals surface area contributed by atoms with Crippen molar-refractivity contribution in [1.29, 1.82) is 0 Å². The molecule has 0 bridgehead atoms. The quantitative estimate of drug-likeness (QED) is 0.327. The van der Waals surface area contributed by atoms with Gasteiger partial charge in [0.15, 0.2) is 15.8 Å². The molecule has 0 unspecified atom stereocenters. The van der Waals surface area contributed by atoms with Crippen molar-refractivity contribution >= 4 is 39.8 Å². The van der Waals surface area contributed by atoms with Crippen LogP contribution in [0.15, 0.2) is 53.5 Å². The Labute approximate surface area is 189 Å². The van der Waals surface area contributed by atoms with Crippen molar-refractivity contribution < 1.29 is 12.8 Å². The second-order valence-electron chi connectivity index (χ2n) is 7.41. The molecule has 8 heteroatoms. The first-order valence-electron chi connectivity index (χ1n) is 9.26. The maximum Gasteiger partial charge on any atom is 0.191 e. The van der Waals surface area contributed by atoms with Gasteiger partial charge in [-0.2, -0.15) is 0 Å². The minimum atomic E-state index is -3.20. The maximum atomic E-state index is 13.7. The molecule has 0 saturated heterocycles. The van der Waals surface area contributed by atoms with Crippen molar-refractivity contribution in [2.24, 2.45) is 4.99 Å².